The third kappa shape index (κ3) is 7.74. The third-order valence-corrected chi connectivity index (χ3v) is 1.87. The Bertz CT molecular complexity index is 120. The normalized spacial score (nSPS) is 10.0. The van der Waals surface area contributed by atoms with E-state index in [-0.39, 0.29) is 6.61 Å². The summed E-state index contributed by atoms with van der Waals surface area (Å²) in [6.45, 7) is 3.73. The van der Waals surface area contributed by atoms with Crippen molar-refractivity contribution >= 4 is 6.41 Å². The molecule has 78 valence electrons. The molecule has 0 rings (SSSR count). The molecule has 0 aromatic carbocycles. The molecule has 0 spiro atoms. The van der Waals surface area contributed by atoms with Crippen LogP contribution in [0.1, 0.15) is 32.6 Å². The van der Waals surface area contributed by atoms with E-state index in [0.717, 1.165) is 38.6 Å². The first-order valence-electron chi connectivity index (χ1n) is 4.91. The van der Waals surface area contributed by atoms with Gasteiger partial charge in [0, 0.05) is 19.7 Å². The van der Waals surface area contributed by atoms with Crippen molar-refractivity contribution in [3.63, 3.8) is 0 Å². The standard InChI is InChI=1S/C9H20N2O2/c1-2-11(9-13)10-7-5-3-4-6-8-12/h9-10,12H,2-8H2,1H3. The van der Waals surface area contributed by atoms with Crippen LogP contribution < -0.4 is 5.43 Å². The van der Waals surface area contributed by atoms with E-state index in [4.69, 9.17) is 5.11 Å². The molecule has 0 aromatic heterocycles. The van der Waals surface area contributed by atoms with Gasteiger partial charge < -0.3 is 5.11 Å². The third-order valence-electron chi connectivity index (χ3n) is 1.87. The molecular formula is C9H20N2O2. The molecule has 0 bridgehead atoms. The van der Waals surface area contributed by atoms with E-state index in [1.54, 1.807) is 0 Å². The summed E-state index contributed by atoms with van der Waals surface area (Å²) in [4.78, 5) is 10.3. The first-order valence-corrected chi connectivity index (χ1v) is 4.91. The maximum absolute atomic E-state index is 10.3. The first kappa shape index (κ1) is 12.4. The number of carbonyl (C=O) groups excluding carboxylic acids is 1. The van der Waals surface area contributed by atoms with Crippen molar-refractivity contribution in [1.29, 1.82) is 0 Å². The molecule has 0 saturated heterocycles. The molecule has 0 heterocycles. The number of unbranched alkanes of at least 4 members (excludes halogenated alkanes) is 3. The summed E-state index contributed by atoms with van der Waals surface area (Å²) in [6.07, 6.45) is 4.89. The summed E-state index contributed by atoms with van der Waals surface area (Å²) in [5.41, 5.74) is 3.00. The highest BCUT2D eigenvalue weighted by Crippen LogP contribution is 1.97. The van der Waals surface area contributed by atoms with Crippen molar-refractivity contribution in [3.05, 3.63) is 0 Å². The van der Waals surface area contributed by atoms with Gasteiger partial charge in [-0.15, -0.1) is 0 Å². The van der Waals surface area contributed by atoms with Gasteiger partial charge in [-0.1, -0.05) is 12.8 Å². The molecule has 0 saturated carbocycles. The fourth-order valence-corrected chi connectivity index (χ4v) is 1.04. The van der Waals surface area contributed by atoms with Crippen LogP contribution in [-0.2, 0) is 4.79 Å². The van der Waals surface area contributed by atoms with E-state index in [1.165, 1.54) is 5.01 Å². The van der Waals surface area contributed by atoms with Gasteiger partial charge in [-0.05, 0) is 19.8 Å². The average molecular weight is 188 g/mol. The molecule has 0 unspecified atom stereocenters. The molecule has 0 atom stereocenters. The van der Waals surface area contributed by atoms with Gasteiger partial charge in [0.25, 0.3) is 0 Å². The smallest absolute Gasteiger partial charge is 0.223 e. The van der Waals surface area contributed by atoms with Crippen molar-refractivity contribution in [2.45, 2.75) is 32.6 Å². The summed E-state index contributed by atoms with van der Waals surface area (Å²) in [5.74, 6) is 0. The van der Waals surface area contributed by atoms with Crippen LogP contribution in [0.5, 0.6) is 0 Å². The van der Waals surface area contributed by atoms with E-state index in [1.807, 2.05) is 6.92 Å². The summed E-state index contributed by atoms with van der Waals surface area (Å²) >= 11 is 0. The lowest BCUT2D eigenvalue weighted by molar-refractivity contribution is -0.120. The first-order chi connectivity index (χ1) is 6.35. The summed E-state index contributed by atoms with van der Waals surface area (Å²) < 4.78 is 0. The highest BCUT2D eigenvalue weighted by Gasteiger charge is 1.95. The van der Waals surface area contributed by atoms with Crippen LogP contribution in [-0.4, -0.2) is 36.2 Å². The van der Waals surface area contributed by atoms with Crippen molar-refractivity contribution in [3.8, 4) is 0 Å². The second kappa shape index (κ2) is 9.48. The van der Waals surface area contributed by atoms with Gasteiger partial charge in [0.05, 0.1) is 0 Å². The summed E-state index contributed by atoms with van der Waals surface area (Å²) in [7, 11) is 0. The highest BCUT2D eigenvalue weighted by molar-refractivity contribution is 5.45. The zero-order valence-electron chi connectivity index (χ0n) is 8.33. The molecule has 0 aliphatic heterocycles. The number of aliphatic hydroxyl groups excluding tert-OH is 1. The van der Waals surface area contributed by atoms with Crippen LogP contribution in [0.2, 0.25) is 0 Å². The predicted octanol–water partition coefficient (Wildman–Crippen LogP) is 0.522. The molecule has 0 radical (unpaired) electrons. The molecule has 0 aliphatic rings. The lowest BCUT2D eigenvalue weighted by atomic mass is 10.2. The molecule has 0 fully saturated rings. The van der Waals surface area contributed by atoms with Gasteiger partial charge in [-0.3, -0.25) is 9.80 Å². The van der Waals surface area contributed by atoms with Gasteiger partial charge in [0.1, 0.15) is 0 Å². The highest BCUT2D eigenvalue weighted by atomic mass is 16.2. The van der Waals surface area contributed by atoms with E-state index in [9.17, 15) is 4.79 Å². The monoisotopic (exact) mass is 188 g/mol. The van der Waals surface area contributed by atoms with E-state index < -0.39 is 0 Å². The number of carbonyl (C=O) groups is 1. The van der Waals surface area contributed by atoms with Gasteiger partial charge >= 0.3 is 0 Å². The Morgan fingerprint density at radius 3 is 2.54 bits per heavy atom. The molecule has 4 nitrogen and oxygen atoms in total. The van der Waals surface area contributed by atoms with Gasteiger partial charge in [-0.25, -0.2) is 5.43 Å². The van der Waals surface area contributed by atoms with Crippen LogP contribution in [0.3, 0.4) is 0 Å². The fourth-order valence-electron chi connectivity index (χ4n) is 1.04. The zero-order chi connectivity index (χ0) is 9.94. The zero-order valence-corrected chi connectivity index (χ0v) is 8.33. The molecule has 13 heavy (non-hydrogen) atoms. The lowest BCUT2D eigenvalue weighted by Gasteiger charge is -2.15. The molecule has 1 amide bonds. The van der Waals surface area contributed by atoms with Crippen molar-refractivity contribution in [1.82, 2.24) is 10.4 Å². The second-order valence-corrected chi connectivity index (χ2v) is 2.94. The van der Waals surface area contributed by atoms with Gasteiger partial charge in [0.2, 0.25) is 6.41 Å². The molecule has 4 heteroatoms. The topological polar surface area (TPSA) is 52.6 Å². The molecule has 0 aromatic rings. The minimum absolute atomic E-state index is 0.281. The summed E-state index contributed by atoms with van der Waals surface area (Å²) in [6, 6.07) is 0. The Labute approximate surface area is 79.9 Å². The SMILES string of the molecule is CCN(C=O)NCCCCCCO. The van der Waals surface area contributed by atoms with Crippen LogP contribution >= 0.6 is 0 Å². The van der Waals surface area contributed by atoms with Crippen molar-refractivity contribution in [2.24, 2.45) is 0 Å². The number of amides is 1. The van der Waals surface area contributed by atoms with E-state index in [0.29, 0.717) is 6.54 Å². The second-order valence-electron chi connectivity index (χ2n) is 2.94. The van der Waals surface area contributed by atoms with Crippen molar-refractivity contribution in [2.75, 3.05) is 19.7 Å². The number of hydrazine groups is 1. The Balaban J connectivity index is 3.10. The molecule has 0 aliphatic carbocycles. The Kier molecular flexibility index (Phi) is 9.03. The van der Waals surface area contributed by atoms with Gasteiger partial charge in [-0.2, -0.15) is 0 Å². The van der Waals surface area contributed by atoms with Crippen LogP contribution in [0, 0.1) is 0 Å². The van der Waals surface area contributed by atoms with Crippen LogP contribution in [0.15, 0.2) is 0 Å². The minimum Gasteiger partial charge on any atom is -0.396 e. The van der Waals surface area contributed by atoms with Gasteiger partial charge in [0.15, 0.2) is 0 Å². The van der Waals surface area contributed by atoms with Crippen LogP contribution in [0.4, 0.5) is 0 Å². The molecular weight excluding hydrogens is 168 g/mol. The largest absolute Gasteiger partial charge is 0.396 e. The lowest BCUT2D eigenvalue weighted by Crippen LogP contribution is -2.37. The number of hydrogen-bond donors (Lipinski definition) is 2. The van der Waals surface area contributed by atoms with E-state index in [2.05, 4.69) is 5.43 Å². The number of nitrogens with one attached hydrogen (secondary N) is 1. The quantitative estimate of drug-likeness (QED) is 0.315. The summed E-state index contributed by atoms with van der Waals surface area (Å²) in [5, 5.41) is 10.1. The maximum atomic E-state index is 10.3. The predicted molar refractivity (Wildman–Crippen MR) is 52.0 cm³/mol. The number of nitrogens with zero attached hydrogens (tertiary/aromatic N) is 1. The Hall–Kier alpha value is -0.610. The number of aliphatic hydroxyl groups is 1. The van der Waals surface area contributed by atoms with E-state index >= 15 is 0 Å². The number of hydrogen-bond acceptors (Lipinski definition) is 3. The maximum Gasteiger partial charge on any atom is 0.223 e. The van der Waals surface area contributed by atoms with Crippen LogP contribution in [0.25, 0.3) is 0 Å². The number of rotatable bonds is 9. The average Bonchev–Trinajstić information content (AvgIpc) is 2.17. The Morgan fingerprint density at radius 1 is 1.31 bits per heavy atom. The fraction of sp³-hybridized carbons (Fsp3) is 0.889. The molecule has 2 N–H and O–H groups in total. The van der Waals surface area contributed by atoms with Crippen molar-refractivity contribution < 1.29 is 9.90 Å². The minimum atomic E-state index is 0.281. The Morgan fingerprint density at radius 2 is 2.00 bits per heavy atom.